The third-order valence-corrected chi connectivity index (χ3v) is 5.28. The van der Waals surface area contributed by atoms with E-state index in [-0.39, 0.29) is 36.9 Å². The van der Waals surface area contributed by atoms with Crippen LogP contribution in [0.5, 0.6) is 0 Å². The van der Waals surface area contributed by atoms with Crippen LogP contribution < -0.4 is 0 Å². The van der Waals surface area contributed by atoms with Crippen molar-refractivity contribution in [3.63, 3.8) is 0 Å². The van der Waals surface area contributed by atoms with Crippen molar-refractivity contribution < 1.29 is 28.6 Å². The minimum absolute atomic E-state index is 0.115. The minimum atomic E-state index is -0.483. The molecule has 26 heavy (non-hydrogen) atoms. The van der Waals surface area contributed by atoms with E-state index >= 15 is 0 Å². The molecular formula is C19H31NO6. The number of rotatable bonds is 7. The molecule has 1 heterocycles. The summed E-state index contributed by atoms with van der Waals surface area (Å²) in [5.41, 5.74) is 0. The predicted molar refractivity (Wildman–Crippen MR) is 94.7 cm³/mol. The van der Waals surface area contributed by atoms with Crippen LogP contribution in [-0.4, -0.2) is 61.8 Å². The van der Waals surface area contributed by atoms with E-state index in [0.29, 0.717) is 26.0 Å². The van der Waals surface area contributed by atoms with Crippen molar-refractivity contribution in [2.45, 2.75) is 70.4 Å². The molecule has 2 fully saturated rings. The van der Waals surface area contributed by atoms with Gasteiger partial charge in [-0.05, 0) is 32.6 Å². The lowest BCUT2D eigenvalue weighted by Crippen LogP contribution is -2.50. The zero-order valence-corrected chi connectivity index (χ0v) is 15.9. The average molecular weight is 369 g/mol. The molecule has 0 spiro atoms. The van der Waals surface area contributed by atoms with Crippen LogP contribution >= 0.6 is 0 Å². The minimum Gasteiger partial charge on any atom is -0.466 e. The molecule has 2 aliphatic rings. The van der Waals surface area contributed by atoms with Crippen LogP contribution in [0.3, 0.4) is 0 Å². The highest BCUT2D eigenvalue weighted by Gasteiger charge is 2.36. The maximum Gasteiger partial charge on any atom is 0.409 e. The van der Waals surface area contributed by atoms with E-state index in [1.54, 1.807) is 11.8 Å². The van der Waals surface area contributed by atoms with Gasteiger partial charge < -0.3 is 19.1 Å². The van der Waals surface area contributed by atoms with Gasteiger partial charge in [-0.2, -0.15) is 0 Å². The number of hydrogen-bond donors (Lipinski definition) is 0. The molecule has 148 valence electrons. The Kier molecular flexibility index (Phi) is 8.35. The van der Waals surface area contributed by atoms with Gasteiger partial charge in [0.25, 0.3) is 0 Å². The van der Waals surface area contributed by atoms with Gasteiger partial charge in [0, 0.05) is 12.5 Å². The van der Waals surface area contributed by atoms with Crippen LogP contribution in [0.25, 0.3) is 0 Å². The first-order chi connectivity index (χ1) is 12.5. The lowest BCUT2D eigenvalue weighted by atomic mass is 9.86. The second-order valence-corrected chi connectivity index (χ2v) is 7.08. The summed E-state index contributed by atoms with van der Waals surface area (Å²) in [5, 5.41) is 0. The first-order valence-corrected chi connectivity index (χ1v) is 9.69. The van der Waals surface area contributed by atoms with E-state index in [1.165, 1.54) is 26.4 Å². The van der Waals surface area contributed by atoms with Crippen LogP contribution in [0.1, 0.15) is 58.3 Å². The molecule has 2 atom stereocenters. The molecule has 0 unspecified atom stereocenters. The topological polar surface area (TPSA) is 82.1 Å². The summed E-state index contributed by atoms with van der Waals surface area (Å²) in [6.07, 6.45) is 6.39. The molecule has 0 aromatic carbocycles. The van der Waals surface area contributed by atoms with Gasteiger partial charge in [0.2, 0.25) is 0 Å². The standard InChI is InChI=1S/C19H31NO6/c1-3-25-18(22)12-17(21)14-9-10-20(19(23)24-2)15(11-14)13-26-16-7-5-4-6-8-16/h14-16H,3-13H2,1-2H3/t14-,15-/m1/s1. The highest BCUT2D eigenvalue weighted by atomic mass is 16.5. The van der Waals surface area contributed by atoms with Gasteiger partial charge in [0.1, 0.15) is 12.2 Å². The SMILES string of the molecule is CCOC(=O)CC(=O)[C@@H]1CCN(C(=O)OC)[C@@H](COC2CCCCC2)C1. The van der Waals surface area contributed by atoms with Gasteiger partial charge in [-0.15, -0.1) is 0 Å². The summed E-state index contributed by atoms with van der Waals surface area (Å²) in [5.74, 6) is -0.848. The average Bonchev–Trinajstić information content (AvgIpc) is 2.66. The fourth-order valence-corrected chi connectivity index (χ4v) is 3.84. The largest absolute Gasteiger partial charge is 0.466 e. The normalized spacial score (nSPS) is 24.2. The van der Waals surface area contributed by atoms with E-state index in [2.05, 4.69) is 0 Å². The van der Waals surface area contributed by atoms with E-state index in [9.17, 15) is 14.4 Å². The maximum atomic E-state index is 12.4. The number of esters is 1. The van der Waals surface area contributed by atoms with Crippen LogP contribution in [-0.2, 0) is 23.8 Å². The molecular weight excluding hydrogens is 338 g/mol. The second kappa shape index (κ2) is 10.5. The summed E-state index contributed by atoms with van der Waals surface area (Å²) in [4.78, 5) is 37.7. The molecule has 2 rings (SSSR count). The zero-order chi connectivity index (χ0) is 18.9. The van der Waals surface area contributed by atoms with E-state index in [0.717, 1.165) is 12.8 Å². The first-order valence-electron chi connectivity index (χ1n) is 9.69. The summed E-state index contributed by atoms with van der Waals surface area (Å²) < 4.78 is 15.8. The Bertz CT molecular complexity index is 488. The number of ketones is 1. The number of piperidine rings is 1. The number of carbonyl (C=O) groups excluding carboxylic acids is 3. The Morgan fingerprint density at radius 3 is 2.46 bits per heavy atom. The molecule has 0 aromatic heterocycles. The number of carbonyl (C=O) groups is 3. The molecule has 1 amide bonds. The molecule has 0 radical (unpaired) electrons. The van der Waals surface area contributed by atoms with Crippen LogP contribution in [0.2, 0.25) is 0 Å². The molecule has 0 N–H and O–H groups in total. The summed E-state index contributed by atoms with van der Waals surface area (Å²) in [6, 6.07) is -0.200. The molecule has 1 saturated carbocycles. The third kappa shape index (κ3) is 5.97. The fraction of sp³-hybridized carbons (Fsp3) is 0.842. The van der Waals surface area contributed by atoms with Crippen molar-refractivity contribution in [3.8, 4) is 0 Å². The number of amides is 1. The molecule has 0 aromatic rings. The number of Topliss-reactive ketones (excluding diaryl/α,β-unsaturated/α-hetero) is 1. The summed E-state index contributed by atoms with van der Waals surface area (Å²) >= 11 is 0. The smallest absolute Gasteiger partial charge is 0.409 e. The molecule has 1 aliphatic heterocycles. The maximum absolute atomic E-state index is 12.4. The van der Waals surface area contributed by atoms with Crippen LogP contribution in [0.15, 0.2) is 0 Å². The second-order valence-electron chi connectivity index (χ2n) is 7.08. The quantitative estimate of drug-likeness (QED) is 0.507. The van der Waals surface area contributed by atoms with Gasteiger partial charge in [-0.3, -0.25) is 9.59 Å². The van der Waals surface area contributed by atoms with Gasteiger partial charge in [-0.25, -0.2) is 4.79 Å². The number of nitrogens with zero attached hydrogens (tertiary/aromatic N) is 1. The zero-order valence-electron chi connectivity index (χ0n) is 15.9. The summed E-state index contributed by atoms with van der Waals surface area (Å²) in [6.45, 7) is 2.83. The van der Waals surface area contributed by atoms with Crippen molar-refractivity contribution in [3.05, 3.63) is 0 Å². The summed E-state index contributed by atoms with van der Waals surface area (Å²) in [7, 11) is 1.36. The molecule has 1 aliphatic carbocycles. The predicted octanol–water partition coefficient (Wildman–Crippen LogP) is 2.71. The Morgan fingerprint density at radius 1 is 1.08 bits per heavy atom. The molecule has 7 heteroatoms. The van der Waals surface area contributed by atoms with Crippen molar-refractivity contribution in [1.29, 1.82) is 0 Å². The Hall–Kier alpha value is -1.63. The van der Waals surface area contributed by atoms with Gasteiger partial charge in [0.05, 0.1) is 32.5 Å². The monoisotopic (exact) mass is 369 g/mol. The number of ether oxygens (including phenoxy) is 3. The van der Waals surface area contributed by atoms with E-state index < -0.39 is 12.1 Å². The molecule has 0 bridgehead atoms. The lowest BCUT2D eigenvalue weighted by Gasteiger charge is -2.38. The van der Waals surface area contributed by atoms with Crippen molar-refractivity contribution in [1.82, 2.24) is 4.90 Å². The number of methoxy groups -OCH3 is 1. The molecule has 7 nitrogen and oxygen atoms in total. The van der Waals surface area contributed by atoms with Crippen molar-refractivity contribution >= 4 is 17.8 Å². The van der Waals surface area contributed by atoms with Gasteiger partial charge in [0.15, 0.2) is 0 Å². The van der Waals surface area contributed by atoms with E-state index in [4.69, 9.17) is 14.2 Å². The Morgan fingerprint density at radius 2 is 1.81 bits per heavy atom. The van der Waals surface area contributed by atoms with Crippen LogP contribution in [0.4, 0.5) is 4.79 Å². The first kappa shape index (κ1) is 20.7. The van der Waals surface area contributed by atoms with Crippen molar-refractivity contribution in [2.75, 3.05) is 26.9 Å². The highest BCUT2D eigenvalue weighted by molar-refractivity contribution is 5.96. The van der Waals surface area contributed by atoms with Crippen LogP contribution in [0, 0.1) is 5.92 Å². The van der Waals surface area contributed by atoms with E-state index in [1.807, 2.05) is 0 Å². The highest BCUT2D eigenvalue weighted by Crippen LogP contribution is 2.27. The van der Waals surface area contributed by atoms with Gasteiger partial charge >= 0.3 is 12.1 Å². The fourth-order valence-electron chi connectivity index (χ4n) is 3.84. The van der Waals surface area contributed by atoms with Crippen molar-refractivity contribution in [2.24, 2.45) is 5.92 Å². The third-order valence-electron chi connectivity index (χ3n) is 5.28. The lowest BCUT2D eigenvalue weighted by molar-refractivity contribution is -0.146. The Labute approximate surface area is 155 Å². The Balaban J connectivity index is 1.93. The number of likely N-dealkylation sites (tertiary alicyclic amines) is 1. The van der Waals surface area contributed by atoms with Gasteiger partial charge in [-0.1, -0.05) is 19.3 Å². The number of hydrogen-bond acceptors (Lipinski definition) is 6. The molecule has 1 saturated heterocycles.